The molecule has 3 heterocycles. The van der Waals surface area contributed by atoms with Gasteiger partial charge in [0, 0.05) is 36.1 Å². The van der Waals surface area contributed by atoms with E-state index in [4.69, 9.17) is 4.74 Å². The summed E-state index contributed by atoms with van der Waals surface area (Å²) in [6.07, 6.45) is 1.53. The molecular formula is C20H24N6O2S. The summed E-state index contributed by atoms with van der Waals surface area (Å²) in [5.41, 5.74) is 3.51. The van der Waals surface area contributed by atoms with Crippen molar-refractivity contribution < 1.29 is 9.53 Å². The fraction of sp³-hybridized carbons (Fsp3) is 0.400. The topological polar surface area (TPSA) is 85.2 Å². The second kappa shape index (κ2) is 8.81. The normalized spacial score (nSPS) is 15.9. The molecule has 0 saturated carbocycles. The van der Waals surface area contributed by atoms with Gasteiger partial charge in [-0.25, -0.2) is 4.68 Å². The van der Waals surface area contributed by atoms with Gasteiger partial charge in [-0.05, 0) is 65.0 Å². The number of carbonyl (C=O) groups excluding carboxylic acids is 1. The largest absolute Gasteiger partial charge is 0.379 e. The molecule has 152 valence electrons. The molecule has 1 atom stereocenters. The zero-order chi connectivity index (χ0) is 20.2. The van der Waals surface area contributed by atoms with Crippen molar-refractivity contribution >= 4 is 17.2 Å². The molecule has 0 spiro atoms. The van der Waals surface area contributed by atoms with Crippen LogP contribution in [0.5, 0.6) is 0 Å². The zero-order valence-corrected chi connectivity index (χ0v) is 17.4. The lowest BCUT2D eigenvalue weighted by Crippen LogP contribution is -2.46. The first-order chi connectivity index (χ1) is 14.1. The maximum Gasteiger partial charge on any atom is 0.251 e. The standard InChI is InChI=1S/C20H24N6O2S/c1-14-3-8-29-19(14)16-9-17(11-18(10-16)26-13-21-23-24-26)20(27)22-15(2)12-25-4-6-28-7-5-25/h3,8-11,13,15H,4-7,12H2,1-2H3,(H,22,27). The first-order valence-electron chi connectivity index (χ1n) is 9.64. The highest BCUT2D eigenvalue weighted by Gasteiger charge is 2.18. The van der Waals surface area contributed by atoms with E-state index in [9.17, 15) is 4.79 Å². The van der Waals surface area contributed by atoms with E-state index in [1.807, 2.05) is 25.1 Å². The predicted octanol–water partition coefficient (Wildman–Crippen LogP) is 2.15. The number of morpholine rings is 1. The Hall–Kier alpha value is -2.62. The van der Waals surface area contributed by atoms with Crippen LogP contribution in [0.25, 0.3) is 16.1 Å². The molecule has 0 bridgehead atoms. The lowest BCUT2D eigenvalue weighted by molar-refractivity contribution is 0.0342. The number of ether oxygens (including phenoxy) is 1. The Kier molecular flexibility index (Phi) is 5.98. The smallest absolute Gasteiger partial charge is 0.251 e. The van der Waals surface area contributed by atoms with Crippen molar-refractivity contribution in [2.45, 2.75) is 19.9 Å². The highest BCUT2D eigenvalue weighted by atomic mass is 32.1. The summed E-state index contributed by atoms with van der Waals surface area (Å²) in [4.78, 5) is 16.5. The lowest BCUT2D eigenvalue weighted by Gasteiger charge is -2.29. The van der Waals surface area contributed by atoms with Crippen molar-refractivity contribution in [1.82, 2.24) is 30.4 Å². The number of tetrazole rings is 1. The van der Waals surface area contributed by atoms with Crippen LogP contribution in [0.15, 0.2) is 36.0 Å². The van der Waals surface area contributed by atoms with Gasteiger partial charge in [-0.15, -0.1) is 16.4 Å². The Labute approximate surface area is 173 Å². The molecular weight excluding hydrogens is 388 g/mol. The maximum absolute atomic E-state index is 13.0. The number of thiophene rings is 1. The van der Waals surface area contributed by atoms with Crippen LogP contribution in [0.4, 0.5) is 0 Å². The third-order valence-electron chi connectivity index (χ3n) is 4.93. The second-order valence-corrected chi connectivity index (χ2v) is 8.16. The third-order valence-corrected chi connectivity index (χ3v) is 6.00. The third kappa shape index (κ3) is 4.69. The van der Waals surface area contributed by atoms with E-state index >= 15 is 0 Å². The number of nitrogens with one attached hydrogen (secondary N) is 1. The SMILES string of the molecule is Cc1ccsc1-c1cc(C(=O)NC(C)CN2CCOCC2)cc(-n2cnnn2)c1. The highest BCUT2D eigenvalue weighted by Crippen LogP contribution is 2.31. The molecule has 9 heteroatoms. The number of hydrogen-bond donors (Lipinski definition) is 1. The number of hydrogen-bond acceptors (Lipinski definition) is 7. The minimum Gasteiger partial charge on any atom is -0.379 e. The molecule has 1 aliphatic heterocycles. The zero-order valence-electron chi connectivity index (χ0n) is 16.5. The summed E-state index contributed by atoms with van der Waals surface area (Å²) in [7, 11) is 0. The van der Waals surface area contributed by atoms with Crippen LogP contribution in [0, 0.1) is 6.92 Å². The quantitative estimate of drug-likeness (QED) is 0.668. The Morgan fingerprint density at radius 2 is 2.14 bits per heavy atom. The molecule has 4 rings (SSSR count). The molecule has 1 saturated heterocycles. The second-order valence-electron chi connectivity index (χ2n) is 7.24. The van der Waals surface area contributed by atoms with Gasteiger partial charge in [0.2, 0.25) is 0 Å². The number of aryl methyl sites for hydroxylation is 1. The number of aromatic nitrogens is 4. The van der Waals surface area contributed by atoms with Gasteiger partial charge < -0.3 is 10.1 Å². The summed E-state index contributed by atoms with van der Waals surface area (Å²) in [5.74, 6) is -0.101. The average Bonchev–Trinajstić information content (AvgIpc) is 3.40. The summed E-state index contributed by atoms with van der Waals surface area (Å²) < 4.78 is 6.96. The van der Waals surface area contributed by atoms with Crippen LogP contribution in [0.1, 0.15) is 22.8 Å². The molecule has 8 nitrogen and oxygen atoms in total. The van der Waals surface area contributed by atoms with Crippen LogP contribution in [0.2, 0.25) is 0 Å². The van der Waals surface area contributed by atoms with Gasteiger partial charge in [-0.2, -0.15) is 0 Å². The van der Waals surface area contributed by atoms with Crippen molar-refractivity contribution in [2.24, 2.45) is 0 Å². The fourth-order valence-corrected chi connectivity index (χ4v) is 4.39. The van der Waals surface area contributed by atoms with Gasteiger partial charge in [0.1, 0.15) is 6.33 Å². The van der Waals surface area contributed by atoms with Crippen molar-refractivity contribution in [3.05, 3.63) is 47.1 Å². The molecule has 3 aromatic rings. The van der Waals surface area contributed by atoms with Gasteiger partial charge >= 0.3 is 0 Å². The van der Waals surface area contributed by atoms with Crippen LogP contribution in [0.3, 0.4) is 0 Å². The molecule has 2 aromatic heterocycles. The van der Waals surface area contributed by atoms with E-state index < -0.39 is 0 Å². The number of nitrogens with zero attached hydrogens (tertiary/aromatic N) is 5. The number of benzene rings is 1. The minimum absolute atomic E-state index is 0.0317. The molecule has 29 heavy (non-hydrogen) atoms. The first-order valence-corrected chi connectivity index (χ1v) is 10.5. The van der Waals surface area contributed by atoms with E-state index in [0.29, 0.717) is 5.56 Å². The van der Waals surface area contributed by atoms with E-state index in [-0.39, 0.29) is 11.9 Å². The van der Waals surface area contributed by atoms with Gasteiger partial charge in [-0.3, -0.25) is 9.69 Å². The van der Waals surface area contributed by atoms with Crippen LogP contribution in [-0.2, 0) is 4.74 Å². The van der Waals surface area contributed by atoms with Gasteiger partial charge in [0.05, 0.1) is 18.9 Å². The first kappa shape index (κ1) is 19.7. The molecule has 1 aromatic carbocycles. The van der Waals surface area contributed by atoms with Crippen molar-refractivity contribution in [3.8, 4) is 16.1 Å². The van der Waals surface area contributed by atoms with Crippen LogP contribution < -0.4 is 5.32 Å². The van der Waals surface area contributed by atoms with Crippen molar-refractivity contribution in [1.29, 1.82) is 0 Å². The van der Waals surface area contributed by atoms with Crippen LogP contribution >= 0.6 is 11.3 Å². The average molecular weight is 413 g/mol. The van der Waals surface area contributed by atoms with Crippen molar-refractivity contribution in [3.63, 3.8) is 0 Å². The number of amides is 1. The summed E-state index contributed by atoms with van der Waals surface area (Å²) in [6.45, 7) is 8.20. The number of carbonyl (C=O) groups is 1. The predicted molar refractivity (Wildman–Crippen MR) is 111 cm³/mol. The van der Waals surface area contributed by atoms with E-state index in [1.165, 1.54) is 11.9 Å². The molecule has 0 aliphatic carbocycles. The minimum atomic E-state index is -0.101. The Morgan fingerprint density at radius 3 is 2.83 bits per heavy atom. The Balaban J connectivity index is 1.57. The molecule has 0 radical (unpaired) electrons. The summed E-state index contributed by atoms with van der Waals surface area (Å²) >= 11 is 1.66. The molecule has 1 N–H and O–H groups in total. The van der Waals surface area contributed by atoms with Crippen LogP contribution in [-0.4, -0.2) is 69.9 Å². The highest BCUT2D eigenvalue weighted by molar-refractivity contribution is 7.13. The van der Waals surface area contributed by atoms with Crippen molar-refractivity contribution in [2.75, 3.05) is 32.8 Å². The van der Waals surface area contributed by atoms with Gasteiger partial charge in [-0.1, -0.05) is 0 Å². The van der Waals surface area contributed by atoms with Gasteiger partial charge in [0.15, 0.2) is 0 Å². The van der Waals surface area contributed by atoms with Gasteiger partial charge in [0.25, 0.3) is 5.91 Å². The maximum atomic E-state index is 13.0. The summed E-state index contributed by atoms with van der Waals surface area (Å²) in [5, 5.41) is 16.6. The Morgan fingerprint density at radius 1 is 1.31 bits per heavy atom. The number of rotatable bonds is 6. The lowest BCUT2D eigenvalue weighted by atomic mass is 10.0. The molecule has 1 fully saturated rings. The van der Waals surface area contributed by atoms with E-state index in [1.54, 1.807) is 16.0 Å². The van der Waals surface area contributed by atoms with E-state index in [2.05, 4.69) is 44.1 Å². The molecule has 1 amide bonds. The van der Waals surface area contributed by atoms with E-state index in [0.717, 1.165) is 49.0 Å². The summed E-state index contributed by atoms with van der Waals surface area (Å²) in [6, 6.07) is 7.87. The monoisotopic (exact) mass is 412 g/mol. The fourth-order valence-electron chi connectivity index (χ4n) is 3.48. The molecule has 1 unspecified atom stereocenters. The molecule has 1 aliphatic rings. The Bertz CT molecular complexity index is 965.